The molecule has 0 fully saturated rings. The van der Waals surface area contributed by atoms with E-state index in [0.29, 0.717) is 0 Å². The summed E-state index contributed by atoms with van der Waals surface area (Å²) in [5.41, 5.74) is 4.73. The molecule has 0 nitrogen and oxygen atoms in total. The van der Waals surface area contributed by atoms with Gasteiger partial charge in [0, 0.05) is 0 Å². The predicted octanol–water partition coefficient (Wildman–Crippen LogP) is 7.73. The Kier molecular flexibility index (Phi) is 12.0. The smallest absolute Gasteiger partial charge is 0.0245 e. The van der Waals surface area contributed by atoms with Gasteiger partial charge < -0.3 is 0 Å². The number of rotatable bonds is 14. The third-order valence-corrected chi connectivity index (χ3v) is 5.14. The first-order valence-corrected chi connectivity index (χ1v) is 10.6. The maximum atomic E-state index is 2.54. The van der Waals surface area contributed by atoms with Crippen LogP contribution in [0.3, 0.4) is 0 Å². The highest BCUT2D eigenvalue weighted by molar-refractivity contribution is 5.33. The van der Waals surface area contributed by atoms with Crippen LogP contribution in [0.15, 0.2) is 18.2 Å². The van der Waals surface area contributed by atoms with E-state index in [1.54, 1.807) is 11.1 Å². The topological polar surface area (TPSA) is 0 Å². The molecule has 0 saturated carbocycles. The second-order valence-corrected chi connectivity index (χ2v) is 7.58. The average Bonchev–Trinajstić information content (AvgIpc) is 2.60. The maximum Gasteiger partial charge on any atom is -0.0245 e. The van der Waals surface area contributed by atoms with Crippen molar-refractivity contribution in [3.63, 3.8) is 0 Å². The van der Waals surface area contributed by atoms with E-state index in [1.165, 1.54) is 76.2 Å². The van der Waals surface area contributed by atoms with E-state index >= 15 is 0 Å². The minimum atomic E-state index is 0.751. The fourth-order valence-corrected chi connectivity index (χ4v) is 3.37. The Morgan fingerprint density at radius 1 is 0.792 bits per heavy atom. The largest absolute Gasteiger partial charge is 0.0654 e. The molecule has 1 radical (unpaired) electrons. The predicted molar refractivity (Wildman–Crippen MR) is 110 cm³/mol. The SMILES string of the molecule is CCCCCCC(C)[CH]Cc1ccc(CCCC)c(CCCC)c1. The Bertz CT molecular complexity index is 418. The van der Waals surface area contributed by atoms with Crippen LogP contribution in [0.5, 0.6) is 0 Å². The Balaban J connectivity index is 2.51. The van der Waals surface area contributed by atoms with E-state index in [2.05, 4.69) is 52.3 Å². The van der Waals surface area contributed by atoms with Gasteiger partial charge >= 0.3 is 0 Å². The third kappa shape index (κ3) is 8.90. The molecule has 1 rings (SSSR count). The van der Waals surface area contributed by atoms with Crippen molar-refractivity contribution < 1.29 is 0 Å². The normalized spacial score (nSPS) is 12.5. The lowest BCUT2D eigenvalue weighted by Crippen LogP contribution is -2.01. The molecule has 24 heavy (non-hydrogen) atoms. The van der Waals surface area contributed by atoms with Crippen LogP contribution in [0, 0.1) is 12.3 Å². The van der Waals surface area contributed by atoms with Gasteiger partial charge in [-0.25, -0.2) is 0 Å². The van der Waals surface area contributed by atoms with Crippen LogP contribution in [0.1, 0.15) is 102 Å². The summed E-state index contributed by atoms with van der Waals surface area (Å²) >= 11 is 0. The van der Waals surface area contributed by atoms with Crippen molar-refractivity contribution in [3.8, 4) is 0 Å². The van der Waals surface area contributed by atoms with Crippen LogP contribution in [-0.4, -0.2) is 0 Å². The van der Waals surface area contributed by atoms with Gasteiger partial charge in [-0.05, 0) is 61.1 Å². The highest BCUT2D eigenvalue weighted by atomic mass is 14.1. The lowest BCUT2D eigenvalue weighted by Gasteiger charge is -2.14. The quantitative estimate of drug-likeness (QED) is 0.306. The molecule has 0 aliphatic heterocycles. The van der Waals surface area contributed by atoms with Crippen LogP contribution >= 0.6 is 0 Å². The lowest BCUT2D eigenvalue weighted by atomic mass is 9.92. The summed E-state index contributed by atoms with van der Waals surface area (Å²) in [5.74, 6) is 0.751. The summed E-state index contributed by atoms with van der Waals surface area (Å²) in [6.07, 6.45) is 18.3. The maximum absolute atomic E-state index is 2.54. The molecule has 0 saturated heterocycles. The number of hydrogen-bond donors (Lipinski definition) is 0. The zero-order valence-corrected chi connectivity index (χ0v) is 16.9. The van der Waals surface area contributed by atoms with E-state index in [0.717, 1.165) is 12.3 Å². The zero-order valence-electron chi connectivity index (χ0n) is 16.9. The van der Waals surface area contributed by atoms with Crippen molar-refractivity contribution in [1.29, 1.82) is 0 Å². The van der Waals surface area contributed by atoms with E-state index in [-0.39, 0.29) is 0 Å². The summed E-state index contributed by atoms with van der Waals surface area (Å²) in [6.45, 7) is 9.26. The summed E-state index contributed by atoms with van der Waals surface area (Å²) in [7, 11) is 0. The van der Waals surface area contributed by atoms with Gasteiger partial charge in [-0.15, -0.1) is 0 Å². The summed E-state index contributed by atoms with van der Waals surface area (Å²) in [4.78, 5) is 0. The number of benzene rings is 1. The van der Waals surface area contributed by atoms with Crippen molar-refractivity contribution in [3.05, 3.63) is 41.3 Å². The van der Waals surface area contributed by atoms with Crippen LogP contribution in [0.25, 0.3) is 0 Å². The van der Waals surface area contributed by atoms with Gasteiger partial charge in [-0.1, -0.05) is 90.8 Å². The molecule has 0 amide bonds. The molecule has 1 unspecified atom stereocenters. The van der Waals surface area contributed by atoms with Gasteiger partial charge in [-0.3, -0.25) is 0 Å². The molecule has 0 heterocycles. The van der Waals surface area contributed by atoms with E-state index in [1.807, 2.05) is 0 Å². The van der Waals surface area contributed by atoms with Crippen molar-refractivity contribution in [1.82, 2.24) is 0 Å². The highest BCUT2D eigenvalue weighted by Gasteiger charge is 2.07. The van der Waals surface area contributed by atoms with E-state index in [9.17, 15) is 0 Å². The highest BCUT2D eigenvalue weighted by Crippen LogP contribution is 2.20. The monoisotopic (exact) mass is 329 g/mol. The summed E-state index contributed by atoms with van der Waals surface area (Å²) in [6, 6.07) is 7.29. The molecular formula is C24H41. The van der Waals surface area contributed by atoms with Gasteiger partial charge in [0.2, 0.25) is 0 Å². The van der Waals surface area contributed by atoms with Crippen molar-refractivity contribution >= 4 is 0 Å². The number of unbranched alkanes of at least 4 members (excludes halogenated alkanes) is 5. The Morgan fingerprint density at radius 2 is 1.46 bits per heavy atom. The average molecular weight is 330 g/mol. The van der Waals surface area contributed by atoms with Gasteiger partial charge in [0.15, 0.2) is 0 Å². The molecule has 0 aliphatic rings. The Hall–Kier alpha value is -0.780. The molecule has 0 spiro atoms. The second kappa shape index (κ2) is 13.5. The molecule has 137 valence electrons. The van der Waals surface area contributed by atoms with Crippen LogP contribution in [0.2, 0.25) is 0 Å². The molecule has 1 atom stereocenters. The second-order valence-electron chi connectivity index (χ2n) is 7.58. The molecule has 0 heteroatoms. The molecule has 1 aromatic rings. The first-order valence-electron chi connectivity index (χ1n) is 10.6. The van der Waals surface area contributed by atoms with Crippen molar-refractivity contribution in [2.75, 3.05) is 0 Å². The molecule has 0 bridgehead atoms. The number of aryl methyl sites for hydroxylation is 2. The number of hydrogen-bond acceptors (Lipinski definition) is 0. The first-order chi connectivity index (χ1) is 11.7. The molecule has 0 aliphatic carbocycles. The fourth-order valence-electron chi connectivity index (χ4n) is 3.37. The molecule has 0 N–H and O–H groups in total. The van der Waals surface area contributed by atoms with Gasteiger partial charge in [0.05, 0.1) is 0 Å². The minimum Gasteiger partial charge on any atom is -0.0654 e. The molecular weight excluding hydrogens is 288 g/mol. The van der Waals surface area contributed by atoms with E-state index < -0.39 is 0 Å². The summed E-state index contributed by atoms with van der Waals surface area (Å²) < 4.78 is 0. The van der Waals surface area contributed by atoms with Crippen molar-refractivity contribution in [2.45, 2.75) is 105 Å². The van der Waals surface area contributed by atoms with Crippen LogP contribution in [0.4, 0.5) is 0 Å². The van der Waals surface area contributed by atoms with Gasteiger partial charge in [0.25, 0.3) is 0 Å². The van der Waals surface area contributed by atoms with Crippen LogP contribution in [-0.2, 0) is 19.3 Å². The minimum absolute atomic E-state index is 0.751. The summed E-state index contributed by atoms with van der Waals surface area (Å²) in [5, 5.41) is 0. The zero-order chi connectivity index (χ0) is 17.6. The lowest BCUT2D eigenvalue weighted by molar-refractivity contribution is 0.531. The Morgan fingerprint density at radius 3 is 2.12 bits per heavy atom. The Labute approximate surface area is 152 Å². The first kappa shape index (κ1) is 21.3. The molecule has 0 aromatic heterocycles. The fraction of sp³-hybridized carbons (Fsp3) is 0.708. The van der Waals surface area contributed by atoms with E-state index in [4.69, 9.17) is 0 Å². The van der Waals surface area contributed by atoms with Gasteiger partial charge in [0.1, 0.15) is 0 Å². The molecule has 1 aromatic carbocycles. The van der Waals surface area contributed by atoms with Crippen molar-refractivity contribution in [2.24, 2.45) is 5.92 Å². The van der Waals surface area contributed by atoms with Crippen LogP contribution < -0.4 is 0 Å². The van der Waals surface area contributed by atoms with Gasteiger partial charge in [-0.2, -0.15) is 0 Å². The standard InChI is InChI=1S/C24H41/c1-5-8-11-12-13-21(4)16-17-22-18-19-23(14-9-6-2)24(20-22)15-10-7-3/h16,18-21H,5-15,17H2,1-4H3. The third-order valence-electron chi connectivity index (χ3n) is 5.14.